The van der Waals surface area contributed by atoms with Gasteiger partial charge >= 0.3 is 11.9 Å². The van der Waals surface area contributed by atoms with Crippen LogP contribution < -0.4 is 0 Å². The zero-order valence-electron chi connectivity index (χ0n) is 14.7. The molecule has 0 aromatic heterocycles. The van der Waals surface area contributed by atoms with Crippen LogP contribution in [0.5, 0.6) is 0 Å². The minimum Gasteiger partial charge on any atom is -0.478 e. The summed E-state index contributed by atoms with van der Waals surface area (Å²) in [7, 11) is 0. The monoisotopic (exact) mass is 389 g/mol. The van der Waals surface area contributed by atoms with Crippen molar-refractivity contribution < 1.29 is 19.8 Å². The van der Waals surface area contributed by atoms with Gasteiger partial charge in [-0.15, -0.1) is 0 Å². The minimum atomic E-state index is -2.61. The van der Waals surface area contributed by atoms with Crippen molar-refractivity contribution in [2.45, 2.75) is 25.7 Å². The number of nitriles is 7. The van der Waals surface area contributed by atoms with Crippen LogP contribution in [-0.2, 0) is 9.59 Å². The van der Waals surface area contributed by atoms with Crippen molar-refractivity contribution >= 4 is 11.9 Å². The summed E-state index contributed by atoms with van der Waals surface area (Å²) < 4.78 is 0. The van der Waals surface area contributed by atoms with Crippen LogP contribution in [0.4, 0.5) is 0 Å². The lowest BCUT2D eigenvalue weighted by molar-refractivity contribution is -0.137. The summed E-state index contributed by atoms with van der Waals surface area (Å²) in [5.41, 5.74) is -7.58. The van der Waals surface area contributed by atoms with Crippen LogP contribution >= 0.6 is 0 Å². The lowest BCUT2D eigenvalue weighted by Crippen LogP contribution is -2.39. The van der Waals surface area contributed by atoms with Crippen LogP contribution in [0, 0.1) is 96.1 Å². The average Bonchev–Trinajstić information content (AvgIpc) is 2.68. The third kappa shape index (κ3) is 4.45. The van der Waals surface area contributed by atoms with Crippen molar-refractivity contribution in [3.05, 3.63) is 11.1 Å². The molecule has 142 valence electrons. The molecule has 0 fully saturated rings. The standard InChI is InChI=1S/C18H11N7O4/c19-5-1-12(9-23)18(11-25,4-8-22)14(16(28)29)13(15(26)27)17(10-24,2-6-20)3-7-21/h12H,1-4H2,(H,26,27)(H,28,29)/b14-13+. The van der Waals surface area contributed by atoms with Gasteiger partial charge in [-0.1, -0.05) is 0 Å². The molecule has 2 atom stereocenters. The second-order valence-electron chi connectivity index (χ2n) is 5.69. The van der Waals surface area contributed by atoms with Gasteiger partial charge in [-0.05, 0) is 0 Å². The molecule has 0 rings (SSSR count). The van der Waals surface area contributed by atoms with Gasteiger partial charge in [0.15, 0.2) is 0 Å². The van der Waals surface area contributed by atoms with Crippen molar-refractivity contribution in [2.75, 3.05) is 0 Å². The summed E-state index contributed by atoms with van der Waals surface area (Å²) in [5, 5.41) is 84.2. The van der Waals surface area contributed by atoms with Crippen LogP contribution in [0.2, 0.25) is 0 Å². The molecule has 0 aliphatic rings. The molecule has 2 N–H and O–H groups in total. The third-order valence-electron chi connectivity index (χ3n) is 4.18. The first-order valence-corrected chi connectivity index (χ1v) is 7.63. The largest absolute Gasteiger partial charge is 0.478 e. The molecule has 0 aromatic carbocycles. The Bertz CT molecular complexity index is 1010. The zero-order valence-corrected chi connectivity index (χ0v) is 14.7. The number of rotatable bonds is 9. The van der Waals surface area contributed by atoms with Crippen molar-refractivity contribution in [1.82, 2.24) is 0 Å². The lowest BCUT2D eigenvalue weighted by atomic mass is 9.63. The molecule has 2 unspecified atom stereocenters. The Morgan fingerprint density at radius 2 is 1.21 bits per heavy atom. The third-order valence-corrected chi connectivity index (χ3v) is 4.18. The van der Waals surface area contributed by atoms with E-state index in [2.05, 4.69) is 0 Å². The van der Waals surface area contributed by atoms with Crippen LogP contribution in [0.25, 0.3) is 0 Å². The molecule has 0 heterocycles. The fourth-order valence-electron chi connectivity index (χ4n) is 2.82. The number of carboxylic acid groups (broad SMARTS) is 2. The smallest absolute Gasteiger partial charge is 0.333 e. The molecule has 0 bridgehead atoms. The van der Waals surface area contributed by atoms with Gasteiger partial charge in [0, 0.05) is 0 Å². The van der Waals surface area contributed by atoms with Crippen LogP contribution in [0.3, 0.4) is 0 Å². The summed E-state index contributed by atoms with van der Waals surface area (Å²) in [4.78, 5) is 24.1. The van der Waals surface area contributed by atoms with Crippen molar-refractivity contribution in [1.29, 1.82) is 36.8 Å². The molecule has 11 nitrogen and oxygen atoms in total. The van der Waals surface area contributed by atoms with Crippen molar-refractivity contribution in [3.63, 3.8) is 0 Å². The first-order chi connectivity index (χ1) is 13.7. The van der Waals surface area contributed by atoms with Gasteiger partial charge in [-0.25, -0.2) is 9.59 Å². The summed E-state index contributed by atoms with van der Waals surface area (Å²) in [6.07, 6.45) is -3.51. The average molecular weight is 389 g/mol. The van der Waals surface area contributed by atoms with Gasteiger partial charge in [0.25, 0.3) is 0 Å². The topological polar surface area (TPSA) is 241 Å². The maximum atomic E-state index is 12.1. The fourth-order valence-corrected chi connectivity index (χ4v) is 2.82. The highest BCUT2D eigenvalue weighted by Crippen LogP contribution is 2.47. The molecular formula is C18H11N7O4. The molecule has 29 heavy (non-hydrogen) atoms. The molecule has 0 saturated carbocycles. The van der Waals surface area contributed by atoms with Crippen LogP contribution in [0.1, 0.15) is 25.7 Å². The van der Waals surface area contributed by atoms with Gasteiger partial charge in [0.1, 0.15) is 10.8 Å². The zero-order chi connectivity index (χ0) is 22.7. The first kappa shape index (κ1) is 24.1. The second kappa shape index (κ2) is 10.3. The predicted molar refractivity (Wildman–Crippen MR) is 88.4 cm³/mol. The van der Waals surface area contributed by atoms with E-state index in [9.17, 15) is 35.6 Å². The van der Waals surface area contributed by atoms with Gasteiger partial charge in [-0.3, -0.25) is 0 Å². The van der Waals surface area contributed by atoms with E-state index in [0.717, 1.165) is 0 Å². The summed E-state index contributed by atoms with van der Waals surface area (Å²) in [5.74, 6) is -5.79. The molecule has 0 spiro atoms. The molecule has 0 saturated heterocycles. The fraction of sp³-hybridized carbons (Fsp3) is 0.389. The van der Waals surface area contributed by atoms with E-state index in [1.807, 2.05) is 0 Å². The van der Waals surface area contributed by atoms with Crippen LogP contribution in [-0.4, -0.2) is 22.2 Å². The first-order valence-electron chi connectivity index (χ1n) is 7.63. The Balaban J connectivity index is 7.81. The highest BCUT2D eigenvalue weighted by molar-refractivity contribution is 6.02. The van der Waals surface area contributed by atoms with Crippen molar-refractivity contribution in [3.8, 4) is 42.5 Å². The summed E-state index contributed by atoms with van der Waals surface area (Å²) in [6.45, 7) is 0. The number of hydrogen-bond donors (Lipinski definition) is 2. The maximum absolute atomic E-state index is 12.1. The van der Waals surface area contributed by atoms with Crippen molar-refractivity contribution in [2.24, 2.45) is 16.7 Å². The van der Waals surface area contributed by atoms with Gasteiger partial charge in [0.05, 0.1) is 85.2 Å². The number of aliphatic carboxylic acids is 2. The van der Waals surface area contributed by atoms with E-state index in [4.69, 9.17) is 21.0 Å². The second-order valence-corrected chi connectivity index (χ2v) is 5.69. The highest BCUT2D eigenvalue weighted by atomic mass is 16.4. The summed E-state index contributed by atoms with van der Waals surface area (Å²) in [6, 6.07) is 10.6. The van der Waals surface area contributed by atoms with Crippen LogP contribution in [0.15, 0.2) is 11.1 Å². The van der Waals surface area contributed by atoms with E-state index in [-0.39, 0.29) is 0 Å². The molecule has 0 aliphatic carbocycles. The molecule has 0 amide bonds. The molecule has 0 aliphatic heterocycles. The summed E-state index contributed by atoms with van der Waals surface area (Å²) >= 11 is 0. The highest BCUT2D eigenvalue weighted by Gasteiger charge is 2.53. The maximum Gasteiger partial charge on any atom is 0.333 e. The Kier molecular flexibility index (Phi) is 8.57. The molecular weight excluding hydrogens is 378 g/mol. The Morgan fingerprint density at radius 1 is 0.724 bits per heavy atom. The van der Waals surface area contributed by atoms with Gasteiger partial charge in [0.2, 0.25) is 0 Å². The quantitative estimate of drug-likeness (QED) is 0.531. The number of nitrogens with zero attached hydrogens (tertiary/aromatic N) is 7. The Morgan fingerprint density at radius 3 is 1.48 bits per heavy atom. The number of carbonyl (C=O) groups is 2. The van der Waals surface area contributed by atoms with E-state index in [0.29, 0.717) is 0 Å². The van der Waals surface area contributed by atoms with Gasteiger partial charge < -0.3 is 10.2 Å². The van der Waals surface area contributed by atoms with E-state index >= 15 is 0 Å². The predicted octanol–water partition coefficient (Wildman–Crippen LogP) is 1.27. The molecule has 11 heteroatoms. The van der Waals surface area contributed by atoms with Gasteiger partial charge in [-0.2, -0.15) is 36.8 Å². The SMILES string of the molecule is N#CCC(C#N)C(C#N)(CC#N)/C(C(=O)O)=C(\C(=O)O)C(C#N)(CC#N)CC#N. The van der Waals surface area contributed by atoms with E-state index in [1.54, 1.807) is 12.1 Å². The minimum absolute atomic E-state index is 0.717. The van der Waals surface area contributed by atoms with E-state index < -0.39 is 65.5 Å². The lowest BCUT2D eigenvalue weighted by Gasteiger charge is -2.32. The van der Waals surface area contributed by atoms with E-state index in [1.165, 1.54) is 30.3 Å². The Labute approximate surface area is 165 Å². The normalized spacial score (nSPS) is 13.7. The molecule has 0 aromatic rings. The Hall–Kier alpha value is -4.89. The number of carboxylic acids is 2. The molecule has 0 radical (unpaired) electrons. The number of hydrogen-bond acceptors (Lipinski definition) is 9.